The number of hydrogen-bond donors (Lipinski definition) is 2. The summed E-state index contributed by atoms with van der Waals surface area (Å²) in [6, 6.07) is 0. The third kappa shape index (κ3) is 57.4. The van der Waals surface area contributed by atoms with E-state index in [9.17, 15) is 91.7 Å². The van der Waals surface area contributed by atoms with Crippen LogP contribution in [0, 0.1) is 27.1 Å². The fourth-order valence-electron chi connectivity index (χ4n) is 8.71. The number of aliphatic hydroxyl groups excluding tert-OH is 1. The monoisotopic (exact) mass is 1770 g/mol. The van der Waals surface area contributed by atoms with Gasteiger partial charge in [0.05, 0.1) is 94.3 Å². The van der Waals surface area contributed by atoms with Crippen molar-refractivity contribution in [3.05, 3.63) is 215 Å². The van der Waals surface area contributed by atoms with Crippen LogP contribution in [0.25, 0.3) is 0 Å². The fourth-order valence-corrected chi connectivity index (χ4v) is 8.71. The molecule has 0 aliphatic rings. The van der Waals surface area contributed by atoms with Crippen LogP contribution in [0.2, 0.25) is 0 Å². The van der Waals surface area contributed by atoms with Gasteiger partial charge in [-0.05, 0) is 38.5 Å². The Bertz CT molecular complexity index is 3450. The van der Waals surface area contributed by atoms with Crippen LogP contribution in [0.3, 0.4) is 0 Å². The predicted molar refractivity (Wildman–Crippen MR) is 443 cm³/mol. The number of esters is 17. The zero-order valence-electron chi connectivity index (χ0n) is 70.4. The number of aliphatic hydroxyl groups is 2. The molecule has 0 aliphatic carbocycles. The van der Waals surface area contributed by atoms with Gasteiger partial charge in [-0.25, -0.2) is 81.5 Å². The SMILES string of the molecule is C=CC(=O)OCCC(CC)(COC(=O)C=C)COC(=O)C=C.C=CC(=O)OCCC(CO)(COC(=O)C=C)COC(=O)C=C.C=CC(=O)OCCC(COCC(CCOC(=O)C=C)(COC(=O)C=C)COC(=O)C=C)(COC(=O)C=C)COC(=O)C=C.C=CC(=O)OCCC(O)(COCC(CCOC(=O)C=C)(COC(=O)C=C)COC(=O)C=C)COC(=O)C=C. The summed E-state index contributed by atoms with van der Waals surface area (Å²) in [6.45, 7) is 52.3. The predicted octanol–water partition coefficient (Wildman–Crippen LogP) is 5.78. The molecule has 38 heteroatoms. The van der Waals surface area contributed by atoms with Crippen LogP contribution >= 0.6 is 0 Å². The van der Waals surface area contributed by atoms with Crippen LogP contribution in [0.15, 0.2) is 215 Å². The van der Waals surface area contributed by atoms with Crippen molar-refractivity contribution in [2.75, 3.05) is 145 Å². The molecule has 0 aromatic rings. The van der Waals surface area contributed by atoms with Crippen molar-refractivity contribution in [2.45, 2.75) is 57.5 Å². The molecule has 0 aromatic carbocycles. The van der Waals surface area contributed by atoms with Gasteiger partial charge in [-0.2, -0.15) is 0 Å². The van der Waals surface area contributed by atoms with E-state index in [1.54, 1.807) is 0 Å². The topological polar surface area (TPSA) is 506 Å². The van der Waals surface area contributed by atoms with E-state index < -0.39 is 154 Å². The first-order valence-corrected chi connectivity index (χ1v) is 37.2. The van der Waals surface area contributed by atoms with E-state index in [0.29, 0.717) is 12.8 Å². The standard InChI is InChI=1S/C30H38O13.C26H34O12.C16H22O6.C15H20O7/c1-7-23(31)38-15-13-29(19-40-25(33)9-3,20-41-26(34)10-4)17-37-18-30(21-42-27(35)11-5,22-43-28(36)12-6)14-16-39-24(32)8-2;1-6-20(27)34-13-11-25(16-36-22(29)8-3,17-37-23(30)9-4)15-33-18-26(32,19-38-24(31)10-5)12-14-35-21(28)7-2;1-5-13(17)20-10-9-16(8-4,11-21-14(18)6-2)12-22-15(19)7-3;1-4-12(17)20-8-7-15(9-16,10-21-13(18)5-2)11-22-14(19)6-3/h7-12H,1-6,13-22H2;6-10,32H,1-5,11-19H2;5-7H,1-3,8-12H2,4H3;4-6,16H,1-3,7-11H2. The Labute approximate surface area is 725 Å². The maximum atomic E-state index is 11.9. The van der Waals surface area contributed by atoms with E-state index in [1.807, 2.05) is 6.92 Å². The molecule has 0 heterocycles. The van der Waals surface area contributed by atoms with E-state index in [0.717, 1.165) is 103 Å². The van der Waals surface area contributed by atoms with Gasteiger partial charge < -0.3 is 100 Å². The molecule has 0 amide bonds. The lowest BCUT2D eigenvalue weighted by molar-refractivity contribution is -0.165. The lowest BCUT2D eigenvalue weighted by Crippen LogP contribution is -2.45. The van der Waals surface area contributed by atoms with Crippen molar-refractivity contribution in [3.63, 3.8) is 0 Å². The van der Waals surface area contributed by atoms with E-state index in [-0.39, 0.29) is 158 Å². The van der Waals surface area contributed by atoms with Crippen LogP contribution in [-0.2, 0) is 172 Å². The molecule has 0 spiro atoms. The third-order valence-electron chi connectivity index (χ3n) is 16.4. The van der Waals surface area contributed by atoms with Crippen LogP contribution < -0.4 is 0 Å². The molecule has 0 aliphatic heterocycles. The lowest BCUT2D eigenvalue weighted by Gasteiger charge is -2.36. The van der Waals surface area contributed by atoms with Crippen LogP contribution in [0.1, 0.15) is 51.9 Å². The van der Waals surface area contributed by atoms with Crippen LogP contribution in [0.5, 0.6) is 0 Å². The Morgan fingerprint density at radius 2 is 0.344 bits per heavy atom. The van der Waals surface area contributed by atoms with Crippen molar-refractivity contribution < 1.29 is 182 Å². The minimum Gasteiger partial charge on any atom is -0.463 e. The maximum absolute atomic E-state index is 11.9. The number of rotatable bonds is 67. The summed E-state index contributed by atoms with van der Waals surface area (Å²) in [5.41, 5.74) is -7.40. The largest absolute Gasteiger partial charge is 0.463 e. The van der Waals surface area contributed by atoms with Gasteiger partial charge in [0.1, 0.15) is 78.3 Å². The Morgan fingerprint density at radius 3 is 0.528 bits per heavy atom. The molecular formula is C87H114O38. The Kier molecular flexibility index (Phi) is 65.0. The molecule has 0 rings (SSSR count). The Balaban J connectivity index is -0.000000814. The molecule has 0 saturated heterocycles. The number of carbonyl (C=O) groups excluding carboxylic acids is 17. The first kappa shape index (κ1) is 118. The minimum atomic E-state index is -1.82. The summed E-state index contributed by atoms with van der Waals surface area (Å²) in [4.78, 5) is 196. The van der Waals surface area contributed by atoms with Gasteiger partial charge in [0.15, 0.2) is 0 Å². The number of carbonyl (C=O) groups is 17. The van der Waals surface area contributed by atoms with Crippen molar-refractivity contribution in [1.82, 2.24) is 0 Å². The highest BCUT2D eigenvalue weighted by molar-refractivity contribution is 5.87. The van der Waals surface area contributed by atoms with Gasteiger partial charge in [0, 0.05) is 115 Å². The second-order valence-corrected chi connectivity index (χ2v) is 25.9. The molecule has 0 fully saturated rings. The average molecular weight is 1770 g/mol. The van der Waals surface area contributed by atoms with Crippen molar-refractivity contribution >= 4 is 101 Å². The first-order chi connectivity index (χ1) is 59.3. The van der Waals surface area contributed by atoms with Gasteiger partial charge in [0.25, 0.3) is 0 Å². The summed E-state index contributed by atoms with van der Waals surface area (Å²) in [5, 5.41) is 20.6. The van der Waals surface area contributed by atoms with Gasteiger partial charge in [-0.1, -0.05) is 119 Å². The Morgan fingerprint density at radius 1 is 0.200 bits per heavy atom. The quantitative estimate of drug-likeness (QED) is 0.0414. The maximum Gasteiger partial charge on any atom is 0.330 e. The van der Waals surface area contributed by atoms with E-state index in [2.05, 4.69) is 112 Å². The second-order valence-electron chi connectivity index (χ2n) is 25.9. The number of hydrogen-bond acceptors (Lipinski definition) is 38. The molecule has 1 unspecified atom stereocenters. The van der Waals surface area contributed by atoms with E-state index in [1.165, 1.54) is 0 Å². The third-order valence-corrected chi connectivity index (χ3v) is 16.4. The minimum absolute atomic E-state index is 0.0117. The average Bonchev–Trinajstić information content (AvgIpc) is 0.839. The smallest absolute Gasteiger partial charge is 0.330 e. The summed E-state index contributed by atoms with van der Waals surface area (Å²) in [5.74, 6) is -12.1. The number of ether oxygens (including phenoxy) is 19. The van der Waals surface area contributed by atoms with Crippen molar-refractivity contribution in [3.8, 4) is 0 Å². The van der Waals surface area contributed by atoms with E-state index >= 15 is 0 Å². The van der Waals surface area contributed by atoms with Crippen molar-refractivity contribution in [1.29, 1.82) is 0 Å². The Hall–Kier alpha value is -13.6. The van der Waals surface area contributed by atoms with E-state index in [4.69, 9.17) is 90.0 Å². The molecule has 690 valence electrons. The summed E-state index contributed by atoms with van der Waals surface area (Å²) >= 11 is 0. The molecule has 0 bridgehead atoms. The molecule has 0 saturated carbocycles. The van der Waals surface area contributed by atoms with Gasteiger partial charge in [0.2, 0.25) is 0 Å². The zero-order chi connectivity index (χ0) is 95.8. The first-order valence-electron chi connectivity index (χ1n) is 37.2. The van der Waals surface area contributed by atoms with Crippen molar-refractivity contribution in [2.24, 2.45) is 27.1 Å². The fraction of sp³-hybridized carbons (Fsp3) is 0.414. The van der Waals surface area contributed by atoms with Gasteiger partial charge in [-0.3, -0.25) is 0 Å². The summed E-state index contributed by atoms with van der Waals surface area (Å²) in [6.07, 6.45) is 17.1. The molecule has 2 N–H and O–H groups in total. The molecular weight excluding hydrogens is 1650 g/mol. The highest BCUT2D eigenvalue weighted by Crippen LogP contribution is 2.32. The lowest BCUT2D eigenvalue weighted by atomic mass is 9.83. The van der Waals surface area contributed by atoms with Gasteiger partial charge in [-0.15, -0.1) is 0 Å². The summed E-state index contributed by atoms with van der Waals surface area (Å²) < 4.78 is 97.7. The molecule has 1 atom stereocenters. The molecule has 38 nitrogen and oxygen atoms in total. The summed E-state index contributed by atoms with van der Waals surface area (Å²) in [7, 11) is 0. The highest BCUT2D eigenvalue weighted by Gasteiger charge is 2.41. The van der Waals surface area contributed by atoms with Gasteiger partial charge >= 0.3 is 101 Å². The molecule has 125 heavy (non-hydrogen) atoms. The normalized spacial score (nSPS) is 10.9. The van der Waals surface area contributed by atoms with Crippen LogP contribution in [0.4, 0.5) is 0 Å². The zero-order valence-corrected chi connectivity index (χ0v) is 70.4. The second kappa shape index (κ2) is 69.0. The molecule has 0 radical (unpaired) electrons. The van der Waals surface area contributed by atoms with Crippen LogP contribution in [-0.4, -0.2) is 263 Å². The highest BCUT2D eigenvalue weighted by atomic mass is 16.6. The molecule has 0 aromatic heterocycles.